The SMILES string of the molecule is CC(C)c1cccc(C(C)C)c1O.CCCCC(=O)OO. The van der Waals surface area contributed by atoms with Gasteiger partial charge in [-0.3, -0.25) is 0 Å². The second-order valence-corrected chi connectivity index (χ2v) is 5.66. The number of rotatable bonds is 5. The number of hydrogen-bond donors (Lipinski definition) is 2. The van der Waals surface area contributed by atoms with Gasteiger partial charge < -0.3 is 9.99 Å². The Balaban J connectivity index is 0.000000433. The fourth-order valence-corrected chi connectivity index (χ4v) is 1.88. The van der Waals surface area contributed by atoms with E-state index < -0.39 is 5.97 Å². The van der Waals surface area contributed by atoms with E-state index in [0.29, 0.717) is 24.0 Å². The van der Waals surface area contributed by atoms with Crippen molar-refractivity contribution in [1.82, 2.24) is 0 Å². The zero-order valence-electron chi connectivity index (χ0n) is 13.7. The molecule has 0 aromatic heterocycles. The first-order valence-corrected chi connectivity index (χ1v) is 7.51. The van der Waals surface area contributed by atoms with Crippen molar-refractivity contribution in [3.63, 3.8) is 0 Å². The monoisotopic (exact) mass is 296 g/mol. The number of hydrogen-bond acceptors (Lipinski definition) is 4. The van der Waals surface area contributed by atoms with Crippen molar-refractivity contribution in [3.8, 4) is 5.75 Å². The Kier molecular flexibility index (Phi) is 9.46. The number of benzene rings is 1. The topological polar surface area (TPSA) is 66.8 Å². The Morgan fingerprint density at radius 1 is 1.14 bits per heavy atom. The highest BCUT2D eigenvalue weighted by atomic mass is 17.1. The van der Waals surface area contributed by atoms with E-state index in [2.05, 4.69) is 32.6 Å². The van der Waals surface area contributed by atoms with E-state index in [1.54, 1.807) is 0 Å². The van der Waals surface area contributed by atoms with Crippen LogP contribution >= 0.6 is 0 Å². The summed E-state index contributed by atoms with van der Waals surface area (Å²) in [6.07, 6.45) is 2.03. The Morgan fingerprint density at radius 3 is 1.95 bits per heavy atom. The molecule has 0 spiro atoms. The predicted octanol–water partition coefficient (Wildman–Crippen LogP) is 4.83. The molecule has 4 heteroatoms. The Hall–Kier alpha value is -1.55. The maximum atomic E-state index is 10.1. The summed E-state index contributed by atoms with van der Waals surface area (Å²) < 4.78 is 0. The molecule has 0 unspecified atom stereocenters. The Bertz CT molecular complexity index is 399. The molecule has 0 amide bonds. The summed E-state index contributed by atoms with van der Waals surface area (Å²) in [5.74, 6) is 0.705. The first-order valence-electron chi connectivity index (χ1n) is 7.51. The van der Waals surface area contributed by atoms with Crippen molar-refractivity contribution in [3.05, 3.63) is 29.3 Å². The predicted molar refractivity (Wildman–Crippen MR) is 84.5 cm³/mol. The van der Waals surface area contributed by atoms with Crippen LogP contribution in [0.15, 0.2) is 18.2 Å². The Labute approximate surface area is 127 Å². The quantitative estimate of drug-likeness (QED) is 0.603. The number of phenols is 1. The maximum absolute atomic E-state index is 10.1. The van der Waals surface area contributed by atoms with Gasteiger partial charge in [0.15, 0.2) is 0 Å². The standard InChI is InChI=1S/C12H18O.C5H10O3/c1-8(2)10-6-5-7-11(9(3)4)12(10)13;1-2-3-4-5(6)8-7/h5-9,13H,1-4H3;7H,2-4H2,1H3. The molecule has 1 rings (SSSR count). The molecule has 1 aromatic rings. The lowest BCUT2D eigenvalue weighted by Crippen LogP contribution is -1.98. The molecule has 0 atom stereocenters. The molecule has 0 bridgehead atoms. The van der Waals surface area contributed by atoms with E-state index in [1.165, 1.54) is 0 Å². The molecule has 2 N–H and O–H groups in total. The second kappa shape index (κ2) is 10.2. The van der Waals surface area contributed by atoms with E-state index in [1.807, 2.05) is 25.1 Å². The van der Waals surface area contributed by atoms with Crippen molar-refractivity contribution in [1.29, 1.82) is 0 Å². The van der Waals surface area contributed by atoms with Crippen molar-refractivity contribution in [2.24, 2.45) is 0 Å². The van der Waals surface area contributed by atoms with E-state index in [9.17, 15) is 9.90 Å². The summed E-state index contributed by atoms with van der Waals surface area (Å²) in [5.41, 5.74) is 2.09. The highest BCUT2D eigenvalue weighted by Crippen LogP contribution is 2.32. The van der Waals surface area contributed by atoms with E-state index >= 15 is 0 Å². The molecule has 0 aliphatic heterocycles. The van der Waals surface area contributed by atoms with E-state index in [-0.39, 0.29) is 0 Å². The van der Waals surface area contributed by atoms with Gasteiger partial charge in [0.2, 0.25) is 0 Å². The van der Waals surface area contributed by atoms with Crippen molar-refractivity contribution >= 4 is 5.97 Å². The third-order valence-corrected chi connectivity index (χ3v) is 3.18. The molecule has 0 saturated carbocycles. The second-order valence-electron chi connectivity index (χ2n) is 5.66. The summed E-state index contributed by atoms with van der Waals surface area (Å²) >= 11 is 0. The summed E-state index contributed by atoms with van der Waals surface area (Å²) in [7, 11) is 0. The van der Waals surface area contributed by atoms with Crippen LogP contribution < -0.4 is 0 Å². The largest absolute Gasteiger partial charge is 0.507 e. The fourth-order valence-electron chi connectivity index (χ4n) is 1.88. The summed E-state index contributed by atoms with van der Waals surface area (Å²) in [4.78, 5) is 13.5. The Morgan fingerprint density at radius 2 is 1.62 bits per heavy atom. The number of unbranched alkanes of at least 4 members (excludes halogenated alkanes) is 1. The molecule has 0 heterocycles. The molecule has 120 valence electrons. The fraction of sp³-hybridized carbons (Fsp3) is 0.588. The van der Waals surface area contributed by atoms with Crippen LogP contribution in [0.3, 0.4) is 0 Å². The van der Waals surface area contributed by atoms with E-state index in [4.69, 9.17) is 5.26 Å². The van der Waals surface area contributed by atoms with Crippen molar-refractivity contribution < 1.29 is 20.0 Å². The maximum Gasteiger partial charge on any atom is 0.342 e. The van der Waals surface area contributed by atoms with Gasteiger partial charge >= 0.3 is 5.97 Å². The number of carbonyl (C=O) groups excluding carboxylic acids is 1. The number of para-hydroxylation sites is 1. The molecular formula is C17H28O4. The normalized spacial score (nSPS) is 10.3. The molecule has 21 heavy (non-hydrogen) atoms. The summed E-state index contributed by atoms with van der Waals surface area (Å²) in [6.45, 7) is 10.3. The third kappa shape index (κ3) is 7.14. The zero-order valence-corrected chi connectivity index (χ0v) is 13.7. The first kappa shape index (κ1) is 19.4. The smallest absolute Gasteiger partial charge is 0.342 e. The van der Waals surface area contributed by atoms with Gasteiger partial charge in [0.05, 0.1) is 0 Å². The minimum atomic E-state index is -0.549. The number of carbonyl (C=O) groups is 1. The lowest BCUT2D eigenvalue weighted by Gasteiger charge is -2.14. The lowest BCUT2D eigenvalue weighted by atomic mass is 9.94. The molecule has 0 aliphatic rings. The van der Waals surface area contributed by atoms with Gasteiger partial charge in [0, 0.05) is 6.42 Å². The van der Waals surface area contributed by atoms with Gasteiger partial charge in [-0.2, -0.15) is 5.26 Å². The average Bonchev–Trinajstić information content (AvgIpc) is 2.44. The molecule has 0 radical (unpaired) electrons. The third-order valence-electron chi connectivity index (χ3n) is 3.18. The lowest BCUT2D eigenvalue weighted by molar-refractivity contribution is -0.234. The van der Waals surface area contributed by atoms with Crippen molar-refractivity contribution in [2.75, 3.05) is 0 Å². The average molecular weight is 296 g/mol. The molecule has 0 fully saturated rings. The van der Waals surface area contributed by atoms with Gasteiger partial charge in [-0.1, -0.05) is 59.2 Å². The minimum absolute atomic E-state index is 0.312. The first-order chi connectivity index (χ1) is 9.84. The highest BCUT2D eigenvalue weighted by molar-refractivity contribution is 5.68. The van der Waals surface area contributed by atoms with Crippen LogP contribution in [-0.4, -0.2) is 16.3 Å². The molecule has 0 aliphatic carbocycles. The van der Waals surface area contributed by atoms with Crippen LogP contribution in [-0.2, 0) is 9.68 Å². The highest BCUT2D eigenvalue weighted by Gasteiger charge is 2.11. The number of aromatic hydroxyl groups is 1. The minimum Gasteiger partial charge on any atom is -0.507 e. The molecule has 1 aromatic carbocycles. The van der Waals surface area contributed by atoms with Crippen LogP contribution in [0, 0.1) is 0 Å². The number of phenolic OH excluding ortho intramolecular Hbond substituents is 1. The molecular weight excluding hydrogens is 268 g/mol. The van der Waals surface area contributed by atoms with Crippen LogP contribution in [0.5, 0.6) is 5.75 Å². The van der Waals surface area contributed by atoms with Crippen LogP contribution in [0.1, 0.15) is 76.8 Å². The zero-order chi connectivity index (χ0) is 16.4. The van der Waals surface area contributed by atoms with Crippen LogP contribution in [0.25, 0.3) is 0 Å². The van der Waals surface area contributed by atoms with Crippen LogP contribution in [0.2, 0.25) is 0 Å². The molecule has 4 nitrogen and oxygen atoms in total. The molecule has 0 saturated heterocycles. The van der Waals surface area contributed by atoms with Gasteiger partial charge in [0.25, 0.3) is 0 Å². The van der Waals surface area contributed by atoms with Gasteiger partial charge in [-0.05, 0) is 29.4 Å². The van der Waals surface area contributed by atoms with Gasteiger partial charge in [-0.25, -0.2) is 4.79 Å². The van der Waals surface area contributed by atoms with Gasteiger partial charge in [0.1, 0.15) is 5.75 Å². The van der Waals surface area contributed by atoms with E-state index in [0.717, 1.165) is 24.0 Å². The summed E-state index contributed by atoms with van der Waals surface area (Å²) in [6, 6.07) is 6.00. The summed E-state index contributed by atoms with van der Waals surface area (Å²) in [5, 5.41) is 17.6. The van der Waals surface area contributed by atoms with Gasteiger partial charge in [-0.15, -0.1) is 0 Å². The van der Waals surface area contributed by atoms with Crippen molar-refractivity contribution in [2.45, 2.75) is 65.7 Å². The van der Waals surface area contributed by atoms with Crippen LogP contribution in [0.4, 0.5) is 0 Å².